The summed E-state index contributed by atoms with van der Waals surface area (Å²) in [7, 11) is 1.74. The van der Waals surface area contributed by atoms with E-state index in [0.29, 0.717) is 19.6 Å². The molecule has 1 aromatic carbocycles. The summed E-state index contributed by atoms with van der Waals surface area (Å²) in [6.45, 7) is 8.18. The predicted molar refractivity (Wildman–Crippen MR) is 81.4 cm³/mol. The van der Waals surface area contributed by atoms with Crippen molar-refractivity contribution in [1.29, 1.82) is 0 Å². The van der Waals surface area contributed by atoms with Crippen LogP contribution in [0.4, 0.5) is 0 Å². The number of hydrogen-bond donors (Lipinski definition) is 1. The molecule has 0 bridgehead atoms. The predicted octanol–water partition coefficient (Wildman–Crippen LogP) is 2.11. The average molecular weight is 274 g/mol. The maximum atomic E-state index is 12.0. The van der Waals surface area contributed by atoms with E-state index in [0.717, 1.165) is 11.3 Å². The number of hydrogen-bond acceptors (Lipinski definition) is 3. The Labute approximate surface area is 120 Å². The molecule has 0 saturated carbocycles. The number of likely N-dealkylation sites (N-methyl/N-ethyl adjacent to an activating group) is 1. The Morgan fingerprint density at radius 2 is 2.00 bits per heavy atom. The molecule has 2 N–H and O–H groups in total. The third-order valence-electron chi connectivity index (χ3n) is 2.82. The van der Waals surface area contributed by atoms with E-state index in [2.05, 4.69) is 13.2 Å². The minimum absolute atomic E-state index is 0.0862. The van der Waals surface area contributed by atoms with Crippen LogP contribution in [0.5, 0.6) is 5.75 Å². The first-order valence-electron chi connectivity index (χ1n) is 6.52. The molecule has 4 nitrogen and oxygen atoms in total. The number of amides is 1. The summed E-state index contributed by atoms with van der Waals surface area (Å²) in [5, 5.41) is 0. The number of ether oxygens (including phenoxy) is 1. The van der Waals surface area contributed by atoms with E-state index >= 15 is 0 Å². The summed E-state index contributed by atoms with van der Waals surface area (Å²) in [4.78, 5) is 13.6. The number of nitrogens with zero attached hydrogens (tertiary/aromatic N) is 1. The standard InChI is InChI=1S/C16H22N2O2/c1-4-6-15(17)16(19)18(3)12-13-7-9-14(10-8-13)20-11-5-2/h4-5,7-10,15H,1-2,6,11-12,17H2,3H3. The van der Waals surface area contributed by atoms with E-state index in [1.807, 2.05) is 24.3 Å². The molecule has 0 aromatic heterocycles. The van der Waals surface area contributed by atoms with Crippen molar-refractivity contribution < 1.29 is 9.53 Å². The van der Waals surface area contributed by atoms with E-state index < -0.39 is 6.04 Å². The first-order valence-corrected chi connectivity index (χ1v) is 6.52. The molecule has 0 heterocycles. The molecule has 0 saturated heterocycles. The number of rotatable bonds is 8. The molecule has 0 aliphatic rings. The smallest absolute Gasteiger partial charge is 0.239 e. The first-order chi connectivity index (χ1) is 9.58. The summed E-state index contributed by atoms with van der Waals surface area (Å²) in [6, 6.07) is 7.09. The highest BCUT2D eigenvalue weighted by Gasteiger charge is 2.16. The van der Waals surface area contributed by atoms with Crippen LogP contribution in [0.15, 0.2) is 49.6 Å². The average Bonchev–Trinajstić information content (AvgIpc) is 2.46. The van der Waals surface area contributed by atoms with Gasteiger partial charge in [0, 0.05) is 13.6 Å². The highest BCUT2D eigenvalue weighted by molar-refractivity contribution is 5.81. The molecule has 1 unspecified atom stereocenters. The van der Waals surface area contributed by atoms with Crippen molar-refractivity contribution in [2.45, 2.75) is 19.0 Å². The Morgan fingerprint density at radius 3 is 2.55 bits per heavy atom. The number of carbonyl (C=O) groups is 1. The minimum Gasteiger partial charge on any atom is -0.490 e. The van der Waals surface area contributed by atoms with E-state index in [1.165, 1.54) is 0 Å². The lowest BCUT2D eigenvalue weighted by atomic mass is 10.1. The van der Waals surface area contributed by atoms with Crippen LogP contribution in [0, 0.1) is 0 Å². The van der Waals surface area contributed by atoms with E-state index in [4.69, 9.17) is 10.5 Å². The minimum atomic E-state index is -0.521. The zero-order chi connectivity index (χ0) is 15.0. The van der Waals surface area contributed by atoms with Crippen LogP contribution >= 0.6 is 0 Å². The fourth-order valence-corrected chi connectivity index (χ4v) is 1.76. The second kappa shape index (κ2) is 8.17. The maximum absolute atomic E-state index is 12.0. The molecule has 1 aromatic rings. The third-order valence-corrected chi connectivity index (χ3v) is 2.82. The Kier molecular flexibility index (Phi) is 6.53. The van der Waals surface area contributed by atoms with E-state index in [9.17, 15) is 4.79 Å². The Balaban J connectivity index is 2.57. The summed E-state index contributed by atoms with van der Waals surface area (Å²) in [5.41, 5.74) is 6.79. The van der Waals surface area contributed by atoms with Crippen molar-refractivity contribution >= 4 is 5.91 Å². The van der Waals surface area contributed by atoms with Gasteiger partial charge in [-0.25, -0.2) is 0 Å². The van der Waals surface area contributed by atoms with Gasteiger partial charge in [0.25, 0.3) is 0 Å². The number of carbonyl (C=O) groups excluding carboxylic acids is 1. The topological polar surface area (TPSA) is 55.6 Å². The summed E-state index contributed by atoms with van der Waals surface area (Å²) >= 11 is 0. The second-order valence-electron chi connectivity index (χ2n) is 4.57. The van der Waals surface area contributed by atoms with Crippen molar-refractivity contribution in [2.24, 2.45) is 5.73 Å². The fourth-order valence-electron chi connectivity index (χ4n) is 1.76. The molecule has 0 aliphatic heterocycles. The Bertz CT molecular complexity index is 454. The van der Waals surface area contributed by atoms with Crippen LogP contribution in [0.3, 0.4) is 0 Å². The lowest BCUT2D eigenvalue weighted by Crippen LogP contribution is -2.41. The van der Waals surface area contributed by atoms with E-state index in [1.54, 1.807) is 24.1 Å². The molecule has 20 heavy (non-hydrogen) atoms. The molecule has 0 fully saturated rings. The molecule has 108 valence electrons. The third kappa shape index (κ3) is 4.90. The van der Waals surface area contributed by atoms with Crippen LogP contribution in [-0.4, -0.2) is 30.5 Å². The zero-order valence-corrected chi connectivity index (χ0v) is 11.9. The monoisotopic (exact) mass is 274 g/mol. The fraction of sp³-hybridized carbons (Fsp3) is 0.312. The van der Waals surface area contributed by atoms with Gasteiger partial charge in [0.05, 0.1) is 6.04 Å². The van der Waals surface area contributed by atoms with Crippen LogP contribution in [-0.2, 0) is 11.3 Å². The molecule has 0 aliphatic carbocycles. The number of nitrogens with two attached hydrogens (primary N) is 1. The Morgan fingerprint density at radius 1 is 1.35 bits per heavy atom. The highest BCUT2D eigenvalue weighted by atomic mass is 16.5. The SMILES string of the molecule is C=CCOc1ccc(CN(C)C(=O)C(N)CC=C)cc1. The van der Waals surface area contributed by atoms with Gasteiger partial charge in [0.15, 0.2) is 0 Å². The van der Waals surface area contributed by atoms with Gasteiger partial charge in [-0.1, -0.05) is 30.9 Å². The maximum Gasteiger partial charge on any atom is 0.239 e. The van der Waals surface area contributed by atoms with Gasteiger partial charge >= 0.3 is 0 Å². The normalized spacial score (nSPS) is 11.5. The van der Waals surface area contributed by atoms with Gasteiger partial charge in [-0.15, -0.1) is 6.58 Å². The van der Waals surface area contributed by atoms with Crippen molar-refractivity contribution in [3.05, 3.63) is 55.1 Å². The van der Waals surface area contributed by atoms with Gasteiger partial charge in [0.2, 0.25) is 5.91 Å². The van der Waals surface area contributed by atoms with E-state index in [-0.39, 0.29) is 5.91 Å². The van der Waals surface area contributed by atoms with Gasteiger partial charge < -0.3 is 15.4 Å². The molecule has 1 atom stereocenters. The van der Waals surface area contributed by atoms with Gasteiger partial charge in [-0.3, -0.25) is 4.79 Å². The summed E-state index contributed by atoms with van der Waals surface area (Å²) < 4.78 is 5.40. The summed E-state index contributed by atoms with van der Waals surface area (Å²) in [5.74, 6) is 0.697. The molecule has 4 heteroatoms. The highest BCUT2D eigenvalue weighted by Crippen LogP contribution is 2.13. The van der Waals surface area contributed by atoms with Crippen LogP contribution < -0.4 is 10.5 Å². The zero-order valence-electron chi connectivity index (χ0n) is 11.9. The van der Waals surface area contributed by atoms with Crippen molar-refractivity contribution in [1.82, 2.24) is 4.90 Å². The van der Waals surface area contributed by atoms with Gasteiger partial charge in [-0.05, 0) is 24.1 Å². The van der Waals surface area contributed by atoms with Crippen LogP contribution in [0.2, 0.25) is 0 Å². The largest absolute Gasteiger partial charge is 0.490 e. The second-order valence-corrected chi connectivity index (χ2v) is 4.57. The lowest BCUT2D eigenvalue weighted by Gasteiger charge is -2.20. The molecule has 0 radical (unpaired) electrons. The lowest BCUT2D eigenvalue weighted by molar-refractivity contribution is -0.131. The Hall–Kier alpha value is -2.07. The molecular weight excluding hydrogens is 252 g/mol. The van der Waals surface area contributed by atoms with Crippen LogP contribution in [0.1, 0.15) is 12.0 Å². The van der Waals surface area contributed by atoms with Crippen molar-refractivity contribution in [3.63, 3.8) is 0 Å². The quantitative estimate of drug-likeness (QED) is 0.739. The first kappa shape index (κ1) is 16.0. The van der Waals surface area contributed by atoms with Crippen LogP contribution in [0.25, 0.3) is 0 Å². The van der Waals surface area contributed by atoms with Gasteiger partial charge in [-0.2, -0.15) is 0 Å². The van der Waals surface area contributed by atoms with Gasteiger partial charge in [0.1, 0.15) is 12.4 Å². The van der Waals surface area contributed by atoms with Crippen molar-refractivity contribution in [2.75, 3.05) is 13.7 Å². The number of benzene rings is 1. The molecule has 0 spiro atoms. The summed E-state index contributed by atoms with van der Waals surface area (Å²) in [6.07, 6.45) is 3.83. The molecule has 1 amide bonds. The molecule has 1 rings (SSSR count). The van der Waals surface area contributed by atoms with Crippen molar-refractivity contribution in [3.8, 4) is 5.75 Å². The molecular formula is C16H22N2O2.